The molecule has 0 fully saturated rings. The Morgan fingerprint density at radius 1 is 1.50 bits per heavy atom. The van der Waals surface area contributed by atoms with Gasteiger partial charge in [-0.2, -0.15) is 0 Å². The minimum absolute atomic E-state index is 0.124. The van der Waals surface area contributed by atoms with Crippen molar-refractivity contribution in [2.45, 2.75) is 26.3 Å². The van der Waals surface area contributed by atoms with Gasteiger partial charge in [-0.3, -0.25) is 4.21 Å². The zero-order valence-corrected chi connectivity index (χ0v) is 13.0. The van der Waals surface area contributed by atoms with Gasteiger partial charge in [-0.05, 0) is 38.5 Å². The van der Waals surface area contributed by atoms with Gasteiger partial charge in [-0.1, -0.05) is 0 Å². The highest BCUT2D eigenvalue weighted by Gasteiger charge is 2.11. The molecule has 1 aromatic rings. The minimum atomic E-state index is -0.809. The maximum atomic E-state index is 11.7. The summed E-state index contributed by atoms with van der Waals surface area (Å²) < 4.78 is 16.0. The molecule has 0 aliphatic heterocycles. The van der Waals surface area contributed by atoms with Gasteiger partial charge in [-0.15, -0.1) is 0 Å². The number of nitrogen functional groups attached to an aromatic ring is 1. The van der Waals surface area contributed by atoms with Crippen LogP contribution in [0, 0.1) is 0 Å². The fraction of sp³-hybridized carbons (Fsp3) is 0.500. The van der Waals surface area contributed by atoms with Crippen LogP contribution in [-0.4, -0.2) is 34.8 Å². The lowest BCUT2D eigenvalue weighted by atomic mass is 10.1. The monoisotopic (exact) mass is 298 g/mol. The maximum Gasteiger partial charge on any atom is 0.338 e. The van der Waals surface area contributed by atoms with Crippen molar-refractivity contribution in [1.82, 2.24) is 0 Å². The van der Waals surface area contributed by atoms with E-state index in [4.69, 9.17) is 10.5 Å². The molecule has 3 N–H and O–H groups in total. The molecule has 0 radical (unpaired) electrons. The molecule has 2 atom stereocenters. The lowest BCUT2D eigenvalue weighted by molar-refractivity contribution is 0.0526. The second kappa shape index (κ2) is 7.89. The van der Waals surface area contributed by atoms with E-state index in [0.717, 1.165) is 6.42 Å². The van der Waals surface area contributed by atoms with Crippen LogP contribution in [-0.2, 0) is 15.5 Å². The normalized spacial score (nSPS) is 13.6. The highest BCUT2D eigenvalue weighted by molar-refractivity contribution is 7.84. The molecule has 20 heavy (non-hydrogen) atoms. The van der Waals surface area contributed by atoms with Crippen LogP contribution in [0.1, 0.15) is 30.6 Å². The Balaban J connectivity index is 2.75. The number of hydrogen-bond acceptors (Lipinski definition) is 5. The summed E-state index contributed by atoms with van der Waals surface area (Å²) in [6.45, 7) is 4.09. The number of carbonyl (C=O) groups is 1. The largest absolute Gasteiger partial charge is 0.462 e. The van der Waals surface area contributed by atoms with Crippen molar-refractivity contribution in [2.75, 3.05) is 29.7 Å². The summed E-state index contributed by atoms with van der Waals surface area (Å²) in [6.07, 6.45) is 2.45. The molecule has 5 nitrogen and oxygen atoms in total. The van der Waals surface area contributed by atoms with Gasteiger partial charge in [0.15, 0.2) is 0 Å². The third-order valence-corrected chi connectivity index (χ3v) is 3.62. The number of hydrogen-bond donors (Lipinski definition) is 2. The molecule has 0 saturated heterocycles. The SMILES string of the molecule is CCOC(=O)c1ccc(N)c(NC(C)CCS(C)=O)c1. The van der Waals surface area contributed by atoms with Gasteiger partial charge in [0.2, 0.25) is 0 Å². The van der Waals surface area contributed by atoms with Gasteiger partial charge >= 0.3 is 5.97 Å². The minimum Gasteiger partial charge on any atom is -0.462 e. The Morgan fingerprint density at radius 2 is 2.20 bits per heavy atom. The molecule has 0 spiro atoms. The zero-order valence-electron chi connectivity index (χ0n) is 12.1. The number of anilines is 2. The summed E-state index contributed by atoms with van der Waals surface area (Å²) in [5.74, 6) is 0.268. The van der Waals surface area contributed by atoms with Gasteiger partial charge < -0.3 is 15.8 Å². The number of rotatable bonds is 7. The second-order valence-electron chi connectivity index (χ2n) is 4.63. The van der Waals surface area contributed by atoms with E-state index in [1.165, 1.54) is 0 Å². The summed E-state index contributed by atoms with van der Waals surface area (Å²) in [7, 11) is -0.809. The van der Waals surface area contributed by atoms with E-state index in [1.807, 2.05) is 6.92 Å². The molecule has 1 rings (SSSR count). The number of esters is 1. The molecular formula is C14H22N2O3S. The van der Waals surface area contributed by atoms with Gasteiger partial charge in [-0.25, -0.2) is 4.79 Å². The third-order valence-electron chi connectivity index (χ3n) is 2.80. The summed E-state index contributed by atoms with van der Waals surface area (Å²) in [4.78, 5) is 11.7. The summed E-state index contributed by atoms with van der Waals surface area (Å²) >= 11 is 0. The molecule has 1 aromatic carbocycles. The van der Waals surface area contributed by atoms with E-state index in [2.05, 4.69) is 5.32 Å². The van der Waals surface area contributed by atoms with Crippen molar-refractivity contribution < 1.29 is 13.7 Å². The highest BCUT2D eigenvalue weighted by Crippen LogP contribution is 2.22. The molecular weight excluding hydrogens is 276 g/mol. The topological polar surface area (TPSA) is 81.4 Å². The zero-order chi connectivity index (χ0) is 15.1. The van der Waals surface area contributed by atoms with E-state index in [0.29, 0.717) is 29.3 Å². The summed E-state index contributed by atoms with van der Waals surface area (Å²) in [6, 6.07) is 5.13. The van der Waals surface area contributed by atoms with E-state index < -0.39 is 10.8 Å². The van der Waals surface area contributed by atoms with E-state index >= 15 is 0 Å². The Morgan fingerprint density at radius 3 is 2.80 bits per heavy atom. The van der Waals surface area contributed by atoms with Crippen LogP contribution >= 0.6 is 0 Å². The first kappa shape index (κ1) is 16.5. The third kappa shape index (κ3) is 5.21. The smallest absolute Gasteiger partial charge is 0.338 e. The fourth-order valence-corrected chi connectivity index (χ4v) is 2.39. The van der Waals surface area contributed by atoms with Crippen LogP contribution < -0.4 is 11.1 Å². The lowest BCUT2D eigenvalue weighted by Crippen LogP contribution is -2.19. The average Bonchev–Trinajstić information content (AvgIpc) is 2.39. The predicted octanol–water partition coefficient (Wildman–Crippen LogP) is 2.01. The summed E-state index contributed by atoms with van der Waals surface area (Å²) in [5, 5.41) is 3.24. The predicted molar refractivity (Wildman–Crippen MR) is 83.4 cm³/mol. The Bertz CT molecular complexity index is 491. The number of nitrogens with one attached hydrogen (secondary N) is 1. The van der Waals surface area contributed by atoms with Crippen LogP contribution in [0.4, 0.5) is 11.4 Å². The van der Waals surface area contributed by atoms with E-state index in [1.54, 1.807) is 31.4 Å². The average molecular weight is 298 g/mol. The molecule has 0 heterocycles. The van der Waals surface area contributed by atoms with Crippen molar-refractivity contribution in [2.24, 2.45) is 0 Å². The van der Waals surface area contributed by atoms with Crippen molar-refractivity contribution in [3.05, 3.63) is 23.8 Å². The molecule has 0 aliphatic carbocycles. The van der Waals surface area contributed by atoms with Gasteiger partial charge in [0.25, 0.3) is 0 Å². The molecule has 0 saturated carbocycles. The second-order valence-corrected chi connectivity index (χ2v) is 6.19. The number of carbonyl (C=O) groups excluding carboxylic acids is 1. The molecule has 0 aliphatic rings. The maximum absolute atomic E-state index is 11.7. The van der Waals surface area contributed by atoms with Crippen LogP contribution in [0.3, 0.4) is 0 Å². The fourth-order valence-electron chi connectivity index (χ4n) is 1.70. The Hall–Kier alpha value is -1.56. The first-order valence-electron chi connectivity index (χ1n) is 6.57. The van der Waals surface area contributed by atoms with Crippen LogP contribution in [0.15, 0.2) is 18.2 Å². The lowest BCUT2D eigenvalue weighted by Gasteiger charge is -2.17. The van der Waals surface area contributed by atoms with E-state index in [-0.39, 0.29) is 12.0 Å². The Kier molecular flexibility index (Phi) is 6.51. The molecule has 0 bridgehead atoms. The highest BCUT2D eigenvalue weighted by atomic mass is 32.2. The molecule has 2 unspecified atom stereocenters. The number of benzene rings is 1. The van der Waals surface area contributed by atoms with E-state index in [9.17, 15) is 9.00 Å². The Labute approximate surface area is 122 Å². The van der Waals surface area contributed by atoms with Gasteiger partial charge in [0, 0.05) is 28.9 Å². The molecule has 0 aromatic heterocycles. The van der Waals surface area contributed by atoms with Crippen molar-refractivity contribution >= 4 is 28.1 Å². The van der Waals surface area contributed by atoms with Gasteiger partial charge in [0.05, 0.1) is 23.5 Å². The summed E-state index contributed by atoms with van der Waals surface area (Å²) in [5.41, 5.74) is 7.63. The quantitative estimate of drug-likeness (QED) is 0.594. The first-order chi connectivity index (χ1) is 9.43. The van der Waals surface area contributed by atoms with Crippen LogP contribution in [0.5, 0.6) is 0 Å². The molecule has 6 heteroatoms. The van der Waals surface area contributed by atoms with Crippen LogP contribution in [0.25, 0.3) is 0 Å². The first-order valence-corrected chi connectivity index (χ1v) is 8.30. The standard InChI is InChI=1S/C14H22N2O3S/c1-4-19-14(17)11-5-6-12(15)13(9-11)16-10(2)7-8-20(3)18/h5-6,9-10,16H,4,7-8,15H2,1-3H3. The van der Waals surface area contributed by atoms with Crippen molar-refractivity contribution in [3.8, 4) is 0 Å². The van der Waals surface area contributed by atoms with Crippen molar-refractivity contribution in [3.63, 3.8) is 0 Å². The molecule has 0 amide bonds. The molecule has 112 valence electrons. The van der Waals surface area contributed by atoms with Crippen molar-refractivity contribution in [1.29, 1.82) is 0 Å². The number of nitrogens with two attached hydrogens (primary N) is 1. The van der Waals surface area contributed by atoms with Crippen LogP contribution in [0.2, 0.25) is 0 Å². The number of ether oxygens (including phenoxy) is 1. The van der Waals surface area contributed by atoms with Gasteiger partial charge in [0.1, 0.15) is 0 Å².